The van der Waals surface area contributed by atoms with Gasteiger partial charge >= 0.3 is 5.97 Å². The zero-order valence-corrected chi connectivity index (χ0v) is 7.98. The van der Waals surface area contributed by atoms with Crippen molar-refractivity contribution >= 4 is 18.4 Å². The zero-order valence-electron chi connectivity index (χ0n) is 7.16. The van der Waals surface area contributed by atoms with Crippen LogP contribution in [0.5, 0.6) is 0 Å². The molecule has 1 saturated carbocycles. The first-order valence-electron chi connectivity index (χ1n) is 3.61. The van der Waals surface area contributed by atoms with Crippen molar-refractivity contribution in [2.45, 2.75) is 24.5 Å². The molecule has 0 bridgehead atoms. The van der Waals surface area contributed by atoms with Crippen LogP contribution in [0.4, 0.5) is 0 Å². The first-order chi connectivity index (χ1) is 5.16. The van der Waals surface area contributed by atoms with E-state index in [1.54, 1.807) is 14.2 Å². The minimum atomic E-state index is -0.841. The Labute approximate surface area is 77.7 Å². The Morgan fingerprint density at radius 1 is 1.67 bits per heavy atom. The van der Waals surface area contributed by atoms with Gasteiger partial charge in [0.05, 0.1) is 5.60 Å². The van der Waals surface area contributed by atoms with Crippen LogP contribution in [0.3, 0.4) is 0 Å². The molecular formula is C7H14ClNO3. The first-order valence-corrected chi connectivity index (χ1v) is 3.61. The van der Waals surface area contributed by atoms with E-state index in [1.165, 1.54) is 0 Å². The number of hydrogen-bond acceptors (Lipinski definition) is 3. The van der Waals surface area contributed by atoms with Crippen molar-refractivity contribution in [2.75, 3.05) is 14.2 Å². The van der Waals surface area contributed by atoms with E-state index in [9.17, 15) is 4.79 Å². The third kappa shape index (κ3) is 1.88. The average molecular weight is 196 g/mol. The van der Waals surface area contributed by atoms with Crippen LogP contribution in [0.1, 0.15) is 12.8 Å². The van der Waals surface area contributed by atoms with Crippen LogP contribution >= 0.6 is 12.4 Å². The van der Waals surface area contributed by atoms with Gasteiger partial charge in [-0.1, -0.05) is 0 Å². The van der Waals surface area contributed by atoms with E-state index in [1.807, 2.05) is 0 Å². The highest BCUT2D eigenvalue weighted by Crippen LogP contribution is 2.41. The molecular weight excluding hydrogens is 182 g/mol. The lowest BCUT2D eigenvalue weighted by Gasteiger charge is -2.20. The van der Waals surface area contributed by atoms with E-state index in [0.29, 0.717) is 0 Å². The van der Waals surface area contributed by atoms with Gasteiger partial charge in [0, 0.05) is 7.11 Å². The fourth-order valence-electron chi connectivity index (χ4n) is 1.35. The van der Waals surface area contributed by atoms with Gasteiger partial charge in [0.25, 0.3) is 0 Å². The largest absolute Gasteiger partial charge is 0.480 e. The molecule has 0 aromatic heterocycles. The summed E-state index contributed by atoms with van der Waals surface area (Å²) in [7, 11) is 3.19. The summed E-state index contributed by atoms with van der Waals surface area (Å²) in [6.07, 6.45) is 1.67. The lowest BCUT2D eigenvalue weighted by molar-refractivity contribution is -0.144. The smallest absolute Gasteiger partial charge is 0.323 e. The van der Waals surface area contributed by atoms with E-state index in [2.05, 4.69) is 5.32 Å². The molecule has 1 aliphatic carbocycles. The van der Waals surface area contributed by atoms with Crippen molar-refractivity contribution in [1.29, 1.82) is 0 Å². The van der Waals surface area contributed by atoms with Gasteiger partial charge < -0.3 is 15.2 Å². The van der Waals surface area contributed by atoms with Gasteiger partial charge in [-0.25, -0.2) is 0 Å². The van der Waals surface area contributed by atoms with Crippen LogP contribution < -0.4 is 5.32 Å². The quantitative estimate of drug-likeness (QED) is 0.676. The number of carboxylic acid groups (broad SMARTS) is 1. The highest BCUT2D eigenvalue weighted by Gasteiger charge is 2.52. The van der Waals surface area contributed by atoms with Crippen LogP contribution in [0.15, 0.2) is 0 Å². The van der Waals surface area contributed by atoms with Crippen molar-refractivity contribution in [2.24, 2.45) is 0 Å². The molecule has 0 heterocycles. The lowest BCUT2D eigenvalue weighted by Crippen LogP contribution is -2.46. The molecule has 1 unspecified atom stereocenters. The van der Waals surface area contributed by atoms with Crippen LogP contribution in [0.25, 0.3) is 0 Å². The molecule has 1 rings (SSSR count). The van der Waals surface area contributed by atoms with Gasteiger partial charge in [0.1, 0.15) is 6.04 Å². The van der Waals surface area contributed by atoms with Crippen molar-refractivity contribution in [1.82, 2.24) is 5.32 Å². The molecule has 1 atom stereocenters. The zero-order chi connectivity index (χ0) is 8.48. The number of likely N-dealkylation sites (N-methyl/N-ethyl adjacent to an activating group) is 1. The summed E-state index contributed by atoms with van der Waals surface area (Å²) >= 11 is 0. The molecule has 0 amide bonds. The Balaban J connectivity index is 0.00000121. The third-order valence-corrected chi connectivity index (χ3v) is 2.21. The van der Waals surface area contributed by atoms with E-state index in [4.69, 9.17) is 9.84 Å². The second kappa shape index (κ2) is 4.07. The highest BCUT2D eigenvalue weighted by atomic mass is 35.5. The van der Waals surface area contributed by atoms with E-state index in [0.717, 1.165) is 12.8 Å². The standard InChI is InChI=1S/C7H13NO3.ClH/c1-8-5(6(9)10)7(11-2)3-4-7;/h5,8H,3-4H2,1-2H3,(H,9,10);1H. The predicted octanol–water partition coefficient (Wildman–Crippen LogP) is 0.260. The van der Waals surface area contributed by atoms with E-state index >= 15 is 0 Å². The van der Waals surface area contributed by atoms with Crippen LogP contribution in [0, 0.1) is 0 Å². The number of nitrogens with one attached hydrogen (secondary N) is 1. The molecule has 0 saturated heterocycles. The minimum absolute atomic E-state index is 0. The first kappa shape index (κ1) is 11.7. The Morgan fingerprint density at radius 2 is 2.17 bits per heavy atom. The Bertz CT molecular complexity index is 170. The molecule has 0 radical (unpaired) electrons. The summed E-state index contributed by atoms with van der Waals surface area (Å²) in [5.74, 6) is -0.841. The maximum absolute atomic E-state index is 10.6. The summed E-state index contributed by atoms with van der Waals surface area (Å²) in [4.78, 5) is 10.6. The van der Waals surface area contributed by atoms with E-state index in [-0.39, 0.29) is 12.4 Å². The Kier molecular flexibility index (Phi) is 3.96. The number of hydrogen-bond donors (Lipinski definition) is 2. The molecule has 4 nitrogen and oxygen atoms in total. The predicted molar refractivity (Wildman–Crippen MR) is 46.7 cm³/mol. The summed E-state index contributed by atoms with van der Waals surface area (Å²) in [6.45, 7) is 0. The number of carboxylic acids is 1. The maximum Gasteiger partial charge on any atom is 0.323 e. The minimum Gasteiger partial charge on any atom is -0.480 e. The summed E-state index contributed by atoms with van der Waals surface area (Å²) in [5.41, 5.74) is -0.430. The highest BCUT2D eigenvalue weighted by molar-refractivity contribution is 5.85. The molecule has 2 N–H and O–H groups in total. The van der Waals surface area contributed by atoms with Gasteiger partial charge in [-0.05, 0) is 19.9 Å². The molecule has 1 fully saturated rings. The summed E-state index contributed by atoms with van der Waals surface area (Å²) < 4.78 is 5.12. The third-order valence-electron chi connectivity index (χ3n) is 2.21. The lowest BCUT2D eigenvalue weighted by atomic mass is 10.1. The topological polar surface area (TPSA) is 58.6 Å². The van der Waals surface area contributed by atoms with Crippen LogP contribution in [0.2, 0.25) is 0 Å². The van der Waals surface area contributed by atoms with E-state index < -0.39 is 17.6 Å². The van der Waals surface area contributed by atoms with Gasteiger partial charge in [-0.2, -0.15) is 0 Å². The number of carbonyl (C=O) groups is 1. The number of methoxy groups -OCH3 is 1. The van der Waals surface area contributed by atoms with Crippen molar-refractivity contribution in [3.63, 3.8) is 0 Å². The van der Waals surface area contributed by atoms with Gasteiger partial charge in [0.15, 0.2) is 0 Å². The molecule has 5 heteroatoms. The van der Waals surface area contributed by atoms with Gasteiger partial charge in [-0.3, -0.25) is 4.79 Å². The van der Waals surface area contributed by atoms with Crippen molar-refractivity contribution < 1.29 is 14.6 Å². The van der Waals surface area contributed by atoms with Gasteiger partial charge in [0.2, 0.25) is 0 Å². The molecule has 1 aliphatic rings. The van der Waals surface area contributed by atoms with Gasteiger partial charge in [-0.15, -0.1) is 12.4 Å². The van der Waals surface area contributed by atoms with Crippen LogP contribution in [-0.2, 0) is 9.53 Å². The normalized spacial score (nSPS) is 20.8. The molecule has 12 heavy (non-hydrogen) atoms. The second-order valence-corrected chi connectivity index (χ2v) is 2.83. The summed E-state index contributed by atoms with van der Waals surface area (Å²) in [6, 6.07) is -0.563. The van der Waals surface area contributed by atoms with Crippen LogP contribution in [-0.4, -0.2) is 36.9 Å². The maximum atomic E-state index is 10.6. The number of halogens is 1. The fraction of sp³-hybridized carbons (Fsp3) is 0.857. The number of aliphatic carboxylic acids is 1. The molecule has 0 aromatic rings. The summed E-state index contributed by atoms with van der Waals surface area (Å²) in [5, 5.41) is 11.5. The van der Waals surface area contributed by atoms with Crippen molar-refractivity contribution in [3.8, 4) is 0 Å². The Hall–Kier alpha value is -0.320. The van der Waals surface area contributed by atoms with Crippen molar-refractivity contribution in [3.05, 3.63) is 0 Å². The SMILES string of the molecule is CNC(C(=O)O)C1(OC)CC1.Cl. The fourth-order valence-corrected chi connectivity index (χ4v) is 1.35. The Morgan fingerprint density at radius 3 is 2.25 bits per heavy atom. The number of ether oxygens (including phenoxy) is 1. The molecule has 0 aromatic carbocycles. The monoisotopic (exact) mass is 195 g/mol. The number of rotatable bonds is 4. The molecule has 0 aliphatic heterocycles. The average Bonchev–Trinajstić information content (AvgIpc) is 2.70. The second-order valence-electron chi connectivity index (χ2n) is 2.83. The molecule has 72 valence electrons. The molecule has 0 spiro atoms.